The molecule has 3 N–H and O–H groups in total. The maximum absolute atomic E-state index is 12.1. The predicted molar refractivity (Wildman–Crippen MR) is 58.9 cm³/mol. The Balaban J connectivity index is 2.04. The number of hydrogen-bond donors (Lipinski definition) is 3. The third-order valence-corrected chi connectivity index (χ3v) is 3.19. The number of allylic oxidation sites excluding steroid dienone is 1. The fourth-order valence-corrected chi connectivity index (χ4v) is 2.32. The van der Waals surface area contributed by atoms with Crippen molar-refractivity contribution in [3.8, 4) is 0 Å². The molecule has 6 heteroatoms. The van der Waals surface area contributed by atoms with Crippen molar-refractivity contribution in [1.29, 1.82) is 0 Å². The standard InChI is InChI=1S/C11H16N2O4/c14-10(15)5-7-1-3-12-6-8(7)11(16)9-2-4-13-17-9/h2,7-8,12-13H,1,3-6H2,(H,14,15). The van der Waals surface area contributed by atoms with Gasteiger partial charge in [0.15, 0.2) is 5.76 Å². The summed E-state index contributed by atoms with van der Waals surface area (Å²) in [5, 5.41) is 12.0. The molecule has 0 aromatic rings. The lowest BCUT2D eigenvalue weighted by molar-refractivity contribution is -0.139. The molecule has 0 amide bonds. The van der Waals surface area contributed by atoms with Gasteiger partial charge in [-0.2, -0.15) is 5.48 Å². The van der Waals surface area contributed by atoms with Crippen LogP contribution in [-0.4, -0.2) is 36.5 Å². The van der Waals surface area contributed by atoms with E-state index in [0.717, 1.165) is 6.54 Å². The molecule has 17 heavy (non-hydrogen) atoms. The van der Waals surface area contributed by atoms with Gasteiger partial charge < -0.3 is 15.3 Å². The van der Waals surface area contributed by atoms with E-state index in [1.807, 2.05) is 0 Å². The SMILES string of the molecule is O=C(O)CC1CCNCC1C(=O)C1=CCNO1. The maximum Gasteiger partial charge on any atom is 0.303 e. The Morgan fingerprint density at radius 3 is 3.00 bits per heavy atom. The zero-order valence-corrected chi connectivity index (χ0v) is 9.44. The molecule has 0 bridgehead atoms. The zero-order valence-electron chi connectivity index (χ0n) is 9.44. The van der Waals surface area contributed by atoms with E-state index in [0.29, 0.717) is 25.3 Å². The van der Waals surface area contributed by atoms with Crippen LogP contribution in [-0.2, 0) is 14.4 Å². The molecule has 0 aromatic heterocycles. The van der Waals surface area contributed by atoms with Crippen LogP contribution in [0.4, 0.5) is 0 Å². The fraction of sp³-hybridized carbons (Fsp3) is 0.636. The van der Waals surface area contributed by atoms with Crippen LogP contribution in [0.1, 0.15) is 12.8 Å². The molecule has 6 nitrogen and oxygen atoms in total. The number of carboxylic acid groups (broad SMARTS) is 1. The molecule has 2 unspecified atom stereocenters. The average molecular weight is 240 g/mol. The summed E-state index contributed by atoms with van der Waals surface area (Å²) in [7, 11) is 0. The summed E-state index contributed by atoms with van der Waals surface area (Å²) in [6.45, 7) is 1.81. The van der Waals surface area contributed by atoms with E-state index in [1.165, 1.54) is 0 Å². The lowest BCUT2D eigenvalue weighted by Crippen LogP contribution is -2.42. The highest BCUT2D eigenvalue weighted by molar-refractivity contribution is 5.96. The number of carbonyl (C=O) groups excluding carboxylic acids is 1. The molecule has 2 aliphatic heterocycles. The minimum absolute atomic E-state index is 0.0405. The third-order valence-electron chi connectivity index (χ3n) is 3.19. The molecule has 2 aliphatic rings. The number of aliphatic carboxylic acids is 1. The first-order valence-electron chi connectivity index (χ1n) is 5.75. The Hall–Kier alpha value is -1.40. The lowest BCUT2D eigenvalue weighted by atomic mass is 9.81. The van der Waals surface area contributed by atoms with Crippen molar-refractivity contribution in [1.82, 2.24) is 10.8 Å². The summed E-state index contributed by atoms with van der Waals surface area (Å²) in [6.07, 6.45) is 2.44. The number of ketones is 1. The van der Waals surface area contributed by atoms with Crippen LogP contribution >= 0.6 is 0 Å². The fourth-order valence-electron chi connectivity index (χ4n) is 2.32. The van der Waals surface area contributed by atoms with Gasteiger partial charge in [-0.3, -0.25) is 9.59 Å². The number of carboxylic acids is 1. The van der Waals surface area contributed by atoms with Crippen LogP contribution in [0.25, 0.3) is 0 Å². The zero-order chi connectivity index (χ0) is 12.3. The van der Waals surface area contributed by atoms with E-state index < -0.39 is 5.97 Å². The number of piperidine rings is 1. The molecule has 0 radical (unpaired) electrons. The van der Waals surface area contributed by atoms with Gasteiger partial charge in [-0.05, 0) is 25.0 Å². The molecule has 0 saturated carbocycles. The second kappa shape index (κ2) is 5.29. The topological polar surface area (TPSA) is 87.7 Å². The molecule has 94 valence electrons. The summed E-state index contributed by atoms with van der Waals surface area (Å²) >= 11 is 0. The van der Waals surface area contributed by atoms with Crippen molar-refractivity contribution in [3.05, 3.63) is 11.8 Å². The van der Waals surface area contributed by atoms with Crippen molar-refractivity contribution >= 4 is 11.8 Å². The van der Waals surface area contributed by atoms with Crippen molar-refractivity contribution in [2.24, 2.45) is 11.8 Å². The second-order valence-corrected chi connectivity index (χ2v) is 4.34. The maximum atomic E-state index is 12.1. The summed E-state index contributed by atoms with van der Waals surface area (Å²) in [6, 6.07) is 0. The summed E-state index contributed by atoms with van der Waals surface area (Å²) in [4.78, 5) is 27.9. The first-order valence-corrected chi connectivity index (χ1v) is 5.75. The van der Waals surface area contributed by atoms with Crippen LogP contribution in [0.3, 0.4) is 0 Å². The van der Waals surface area contributed by atoms with E-state index in [4.69, 9.17) is 9.94 Å². The van der Waals surface area contributed by atoms with Crippen LogP contribution in [0.15, 0.2) is 11.8 Å². The molecule has 2 atom stereocenters. The van der Waals surface area contributed by atoms with E-state index >= 15 is 0 Å². The number of Topliss-reactive ketones (excluding diaryl/α,β-unsaturated/α-hetero) is 1. The molecule has 2 heterocycles. The van der Waals surface area contributed by atoms with Crippen molar-refractivity contribution < 1.29 is 19.5 Å². The van der Waals surface area contributed by atoms with E-state index in [-0.39, 0.29) is 24.0 Å². The highest BCUT2D eigenvalue weighted by Gasteiger charge is 2.35. The third kappa shape index (κ3) is 2.83. The highest BCUT2D eigenvalue weighted by atomic mass is 16.7. The van der Waals surface area contributed by atoms with Gasteiger partial charge >= 0.3 is 5.97 Å². The first-order chi connectivity index (χ1) is 8.18. The number of nitrogens with one attached hydrogen (secondary N) is 2. The Kier molecular flexibility index (Phi) is 3.75. The Morgan fingerprint density at radius 2 is 2.35 bits per heavy atom. The van der Waals surface area contributed by atoms with Gasteiger partial charge in [0.2, 0.25) is 5.78 Å². The molecule has 1 fully saturated rings. The van der Waals surface area contributed by atoms with Crippen LogP contribution in [0.2, 0.25) is 0 Å². The number of hydrogen-bond acceptors (Lipinski definition) is 5. The minimum Gasteiger partial charge on any atom is -0.481 e. The lowest BCUT2D eigenvalue weighted by Gasteiger charge is -2.29. The molecule has 0 aromatic carbocycles. The largest absolute Gasteiger partial charge is 0.481 e. The van der Waals surface area contributed by atoms with Crippen molar-refractivity contribution in [2.75, 3.05) is 19.6 Å². The molecular weight excluding hydrogens is 224 g/mol. The average Bonchev–Trinajstić information content (AvgIpc) is 2.81. The van der Waals surface area contributed by atoms with Gasteiger partial charge in [0.25, 0.3) is 0 Å². The smallest absolute Gasteiger partial charge is 0.303 e. The van der Waals surface area contributed by atoms with Crippen LogP contribution in [0, 0.1) is 11.8 Å². The molecular formula is C11H16N2O4. The Labute approximate surface area is 99.0 Å². The van der Waals surface area contributed by atoms with Gasteiger partial charge in [0.05, 0.1) is 6.54 Å². The van der Waals surface area contributed by atoms with Gasteiger partial charge in [-0.15, -0.1) is 0 Å². The van der Waals surface area contributed by atoms with Crippen molar-refractivity contribution in [3.63, 3.8) is 0 Å². The molecule has 0 spiro atoms. The van der Waals surface area contributed by atoms with Gasteiger partial charge in [0.1, 0.15) is 0 Å². The minimum atomic E-state index is -0.853. The van der Waals surface area contributed by atoms with Crippen LogP contribution in [0.5, 0.6) is 0 Å². The normalized spacial score (nSPS) is 28.4. The molecule has 0 aliphatic carbocycles. The molecule has 2 rings (SSSR count). The summed E-state index contributed by atoms with van der Waals surface area (Å²) in [5.41, 5.74) is 2.60. The van der Waals surface area contributed by atoms with Crippen molar-refractivity contribution in [2.45, 2.75) is 12.8 Å². The summed E-state index contributed by atoms with van der Waals surface area (Å²) in [5.74, 6) is -1.05. The molecule has 1 saturated heterocycles. The van der Waals surface area contributed by atoms with Gasteiger partial charge in [-0.25, -0.2) is 0 Å². The quantitative estimate of drug-likeness (QED) is 0.624. The van der Waals surface area contributed by atoms with E-state index in [9.17, 15) is 9.59 Å². The Bertz CT molecular complexity index is 353. The van der Waals surface area contributed by atoms with Gasteiger partial charge in [-0.1, -0.05) is 0 Å². The number of hydroxylamine groups is 1. The summed E-state index contributed by atoms with van der Waals surface area (Å²) < 4.78 is 0. The Morgan fingerprint density at radius 1 is 1.53 bits per heavy atom. The van der Waals surface area contributed by atoms with Gasteiger partial charge in [0, 0.05) is 18.9 Å². The second-order valence-electron chi connectivity index (χ2n) is 4.34. The monoisotopic (exact) mass is 240 g/mol. The first kappa shape index (κ1) is 12.1. The van der Waals surface area contributed by atoms with E-state index in [2.05, 4.69) is 10.8 Å². The highest BCUT2D eigenvalue weighted by Crippen LogP contribution is 2.26. The predicted octanol–water partition coefficient (Wildman–Crippen LogP) is -0.325. The van der Waals surface area contributed by atoms with Crippen LogP contribution < -0.4 is 10.8 Å². The number of carbonyl (C=O) groups is 2. The number of rotatable bonds is 4. The van der Waals surface area contributed by atoms with E-state index in [1.54, 1.807) is 6.08 Å².